The topological polar surface area (TPSA) is 75.4 Å². The zero-order valence-electron chi connectivity index (χ0n) is 18.8. The number of carbonyl (C=O) groups excluding carboxylic acids is 2. The average Bonchev–Trinajstić information content (AvgIpc) is 3.47. The first-order valence-corrected chi connectivity index (χ1v) is 11.1. The molecule has 0 bridgehead atoms. The second-order valence-electron chi connectivity index (χ2n) is 8.58. The number of hydrogen-bond donors (Lipinski definition) is 1. The fourth-order valence-corrected chi connectivity index (χ4v) is 4.72. The van der Waals surface area contributed by atoms with E-state index in [-0.39, 0.29) is 23.6 Å². The van der Waals surface area contributed by atoms with Crippen LogP contribution < -0.4 is 10.2 Å². The summed E-state index contributed by atoms with van der Waals surface area (Å²) in [4.78, 5) is 33.3. The molecule has 1 atom stereocenters. The van der Waals surface area contributed by atoms with E-state index in [0.717, 1.165) is 42.4 Å². The maximum absolute atomic E-state index is 13.8. The van der Waals surface area contributed by atoms with Gasteiger partial charge in [0.1, 0.15) is 6.04 Å². The zero-order valence-corrected chi connectivity index (χ0v) is 18.8. The highest BCUT2D eigenvalue weighted by Crippen LogP contribution is 2.35. The van der Waals surface area contributed by atoms with Gasteiger partial charge in [-0.15, -0.1) is 0 Å². The first-order chi connectivity index (χ1) is 15.5. The molecule has 166 valence electrons. The number of pyridine rings is 1. The third kappa shape index (κ3) is 4.44. The second kappa shape index (κ2) is 9.39. The van der Waals surface area contributed by atoms with Gasteiger partial charge >= 0.3 is 0 Å². The summed E-state index contributed by atoms with van der Waals surface area (Å²) in [5, 5.41) is 3.19. The molecular weight excluding hydrogens is 402 g/mol. The molecule has 2 heterocycles. The predicted molar refractivity (Wildman–Crippen MR) is 124 cm³/mol. The van der Waals surface area contributed by atoms with Gasteiger partial charge in [0.05, 0.1) is 12.0 Å². The van der Waals surface area contributed by atoms with E-state index < -0.39 is 6.04 Å². The summed E-state index contributed by atoms with van der Waals surface area (Å²) in [6.07, 6.45) is 8.91. The molecular formula is C26H29N3O3. The van der Waals surface area contributed by atoms with Gasteiger partial charge in [-0.25, -0.2) is 0 Å². The molecule has 1 saturated carbocycles. The standard InChI is InChI=1S/C26H29N3O3/c1-17-14-18(2)23(19(3)15-17)29(26(31)22-11-7-13-32-22)24(20-8-6-12-27-16-20)25(30)28-21-9-4-5-10-21/h6-8,11-16,21,24H,4-5,9-10H2,1-3H3,(H,28,30)/t24-/m0/s1. The van der Waals surface area contributed by atoms with E-state index in [1.807, 2.05) is 39.0 Å². The van der Waals surface area contributed by atoms with Gasteiger partial charge in [0.15, 0.2) is 5.76 Å². The highest BCUT2D eigenvalue weighted by molar-refractivity contribution is 6.09. The minimum Gasteiger partial charge on any atom is -0.459 e. The summed E-state index contributed by atoms with van der Waals surface area (Å²) in [6.45, 7) is 5.95. The number of rotatable bonds is 6. The summed E-state index contributed by atoms with van der Waals surface area (Å²) in [6, 6.07) is 10.2. The lowest BCUT2D eigenvalue weighted by molar-refractivity contribution is -0.123. The number of benzene rings is 1. The van der Waals surface area contributed by atoms with Crippen LogP contribution in [0.1, 0.15) is 64.5 Å². The predicted octanol–water partition coefficient (Wildman–Crippen LogP) is 5.05. The Morgan fingerprint density at radius 1 is 1.09 bits per heavy atom. The largest absolute Gasteiger partial charge is 0.459 e. The Kier molecular flexibility index (Phi) is 6.40. The van der Waals surface area contributed by atoms with Crippen LogP contribution in [0.2, 0.25) is 0 Å². The Balaban J connectivity index is 1.86. The Labute approximate surface area is 188 Å². The molecule has 0 unspecified atom stereocenters. The third-order valence-corrected chi connectivity index (χ3v) is 6.04. The van der Waals surface area contributed by atoms with E-state index in [4.69, 9.17) is 4.42 Å². The van der Waals surface area contributed by atoms with Crippen molar-refractivity contribution >= 4 is 17.5 Å². The molecule has 0 aliphatic heterocycles. The van der Waals surface area contributed by atoms with Gasteiger partial charge in [-0.1, -0.05) is 36.6 Å². The molecule has 1 aliphatic carbocycles. The number of nitrogens with one attached hydrogen (secondary N) is 1. The fourth-order valence-electron chi connectivity index (χ4n) is 4.72. The molecule has 2 amide bonds. The summed E-state index contributed by atoms with van der Waals surface area (Å²) >= 11 is 0. The highest BCUT2D eigenvalue weighted by Gasteiger charge is 2.37. The number of furan rings is 1. The molecule has 32 heavy (non-hydrogen) atoms. The van der Waals surface area contributed by atoms with Crippen molar-refractivity contribution in [3.8, 4) is 0 Å². The van der Waals surface area contributed by atoms with Gasteiger partial charge < -0.3 is 9.73 Å². The van der Waals surface area contributed by atoms with Crippen molar-refractivity contribution in [3.05, 3.63) is 83.1 Å². The molecule has 0 radical (unpaired) electrons. The van der Waals surface area contributed by atoms with Crippen molar-refractivity contribution < 1.29 is 14.0 Å². The van der Waals surface area contributed by atoms with Crippen LogP contribution in [0, 0.1) is 20.8 Å². The monoisotopic (exact) mass is 431 g/mol. The van der Waals surface area contributed by atoms with E-state index >= 15 is 0 Å². The summed E-state index contributed by atoms with van der Waals surface area (Å²) in [7, 11) is 0. The molecule has 0 saturated heterocycles. The van der Waals surface area contributed by atoms with Crippen LogP contribution >= 0.6 is 0 Å². The lowest BCUT2D eigenvalue weighted by Gasteiger charge is -2.33. The first kappa shape index (κ1) is 21.8. The van der Waals surface area contributed by atoms with E-state index in [0.29, 0.717) is 11.3 Å². The Hall–Kier alpha value is -3.41. The van der Waals surface area contributed by atoms with Crippen molar-refractivity contribution in [3.63, 3.8) is 0 Å². The molecule has 0 spiro atoms. The Bertz CT molecular complexity index is 1060. The van der Waals surface area contributed by atoms with Crippen LogP contribution in [0.3, 0.4) is 0 Å². The molecule has 6 nitrogen and oxygen atoms in total. The number of carbonyl (C=O) groups is 2. The van der Waals surface area contributed by atoms with Gasteiger partial charge in [0, 0.05) is 24.0 Å². The van der Waals surface area contributed by atoms with Gasteiger partial charge in [-0.05, 0) is 62.9 Å². The van der Waals surface area contributed by atoms with E-state index in [9.17, 15) is 9.59 Å². The van der Waals surface area contributed by atoms with E-state index in [1.54, 1.807) is 35.5 Å². The van der Waals surface area contributed by atoms with Crippen molar-refractivity contribution in [2.24, 2.45) is 0 Å². The van der Waals surface area contributed by atoms with Crippen LogP contribution in [0.4, 0.5) is 5.69 Å². The third-order valence-electron chi connectivity index (χ3n) is 6.04. The molecule has 6 heteroatoms. The maximum atomic E-state index is 13.8. The number of amides is 2. The molecule has 2 aromatic heterocycles. The quantitative estimate of drug-likeness (QED) is 0.593. The lowest BCUT2D eigenvalue weighted by Crippen LogP contribution is -2.46. The van der Waals surface area contributed by atoms with Crippen molar-refractivity contribution in [2.75, 3.05) is 4.90 Å². The Morgan fingerprint density at radius 2 is 1.81 bits per heavy atom. The smallest absolute Gasteiger partial charge is 0.294 e. The number of hydrogen-bond acceptors (Lipinski definition) is 4. The minimum absolute atomic E-state index is 0.127. The normalized spacial score (nSPS) is 14.8. The van der Waals surface area contributed by atoms with Crippen molar-refractivity contribution in [2.45, 2.75) is 58.5 Å². The molecule has 3 aromatic rings. The van der Waals surface area contributed by atoms with Gasteiger partial charge in [-0.2, -0.15) is 0 Å². The Morgan fingerprint density at radius 3 is 2.41 bits per heavy atom. The number of anilines is 1. The van der Waals surface area contributed by atoms with Crippen LogP contribution in [0.5, 0.6) is 0 Å². The van der Waals surface area contributed by atoms with Crippen LogP contribution in [0.15, 0.2) is 59.5 Å². The zero-order chi connectivity index (χ0) is 22.7. The average molecular weight is 432 g/mol. The molecule has 1 fully saturated rings. The van der Waals surface area contributed by atoms with Gasteiger partial charge in [0.2, 0.25) is 5.91 Å². The summed E-state index contributed by atoms with van der Waals surface area (Å²) in [5.41, 5.74) is 4.31. The molecule has 4 rings (SSSR count). The molecule has 1 aromatic carbocycles. The van der Waals surface area contributed by atoms with E-state index in [2.05, 4.69) is 10.3 Å². The van der Waals surface area contributed by atoms with Gasteiger partial charge in [-0.3, -0.25) is 19.5 Å². The second-order valence-corrected chi connectivity index (χ2v) is 8.58. The number of aromatic nitrogens is 1. The number of nitrogens with zero attached hydrogens (tertiary/aromatic N) is 2. The summed E-state index contributed by atoms with van der Waals surface area (Å²) < 4.78 is 5.46. The van der Waals surface area contributed by atoms with Crippen LogP contribution in [0.25, 0.3) is 0 Å². The van der Waals surface area contributed by atoms with Crippen molar-refractivity contribution in [1.29, 1.82) is 0 Å². The van der Waals surface area contributed by atoms with Crippen molar-refractivity contribution in [1.82, 2.24) is 10.3 Å². The minimum atomic E-state index is -0.873. The molecule has 1 aliphatic rings. The fraction of sp³-hybridized carbons (Fsp3) is 0.346. The summed E-state index contributed by atoms with van der Waals surface area (Å²) in [5.74, 6) is -0.378. The van der Waals surface area contributed by atoms with Crippen LogP contribution in [-0.2, 0) is 4.79 Å². The number of aryl methyl sites for hydroxylation is 3. The van der Waals surface area contributed by atoms with E-state index in [1.165, 1.54) is 6.26 Å². The van der Waals surface area contributed by atoms with Gasteiger partial charge in [0.25, 0.3) is 5.91 Å². The van der Waals surface area contributed by atoms with Crippen LogP contribution in [-0.4, -0.2) is 22.8 Å². The maximum Gasteiger partial charge on any atom is 0.294 e. The SMILES string of the molecule is Cc1cc(C)c(N(C(=O)c2ccco2)[C@H](C(=O)NC2CCCC2)c2cccnc2)c(C)c1. The molecule has 1 N–H and O–H groups in total. The lowest BCUT2D eigenvalue weighted by atomic mass is 9.98. The first-order valence-electron chi connectivity index (χ1n) is 11.1. The highest BCUT2D eigenvalue weighted by atomic mass is 16.3.